The predicted molar refractivity (Wildman–Crippen MR) is 98.4 cm³/mol. The number of nitrogens with zero attached hydrogens (tertiary/aromatic N) is 3. The molecule has 0 aliphatic carbocycles. The standard InChI is InChI=1S/C17H14BrN3OS/c1-11(12-5-7-13(18)8-6-12)15-16(22)21(2)17(23-15)20-14-4-3-9-19-10-14/h3-10H,1-2H3/b15-11-,20-17?. The number of aromatic nitrogens is 1. The third kappa shape index (κ3) is 3.38. The lowest BCUT2D eigenvalue weighted by molar-refractivity contribution is -0.121. The largest absolute Gasteiger partial charge is 0.290 e. The molecule has 116 valence electrons. The molecule has 0 radical (unpaired) electrons. The summed E-state index contributed by atoms with van der Waals surface area (Å²) in [5.41, 5.74) is 2.72. The van der Waals surface area contributed by atoms with Crippen LogP contribution in [0.4, 0.5) is 5.69 Å². The number of amides is 1. The number of allylic oxidation sites excluding steroid dienone is 1. The number of carbonyl (C=O) groups excluding carboxylic acids is 1. The van der Waals surface area contributed by atoms with Crippen LogP contribution in [-0.4, -0.2) is 28.0 Å². The number of amidine groups is 1. The molecule has 0 saturated carbocycles. The normalized spacial score (nSPS) is 18.7. The number of halogens is 1. The van der Waals surface area contributed by atoms with Gasteiger partial charge in [-0.1, -0.05) is 28.1 Å². The molecule has 2 heterocycles. The van der Waals surface area contributed by atoms with Crippen molar-refractivity contribution in [3.63, 3.8) is 0 Å². The molecular formula is C17H14BrN3OS. The zero-order valence-electron chi connectivity index (χ0n) is 12.7. The van der Waals surface area contributed by atoms with Gasteiger partial charge < -0.3 is 0 Å². The lowest BCUT2D eigenvalue weighted by atomic mass is 10.1. The van der Waals surface area contributed by atoms with Gasteiger partial charge in [0.15, 0.2) is 5.17 Å². The van der Waals surface area contributed by atoms with Crippen molar-refractivity contribution in [2.45, 2.75) is 6.92 Å². The molecule has 2 aromatic rings. The predicted octanol–water partition coefficient (Wildman–Crippen LogP) is 4.47. The second-order valence-electron chi connectivity index (χ2n) is 5.03. The Labute approximate surface area is 147 Å². The molecule has 4 nitrogen and oxygen atoms in total. The van der Waals surface area contributed by atoms with Gasteiger partial charge in [-0.15, -0.1) is 0 Å². The number of pyridine rings is 1. The maximum atomic E-state index is 12.5. The van der Waals surface area contributed by atoms with Gasteiger partial charge in [0.1, 0.15) is 0 Å². The van der Waals surface area contributed by atoms with Gasteiger partial charge in [-0.2, -0.15) is 0 Å². The maximum Gasteiger partial charge on any atom is 0.266 e. The Balaban J connectivity index is 1.96. The summed E-state index contributed by atoms with van der Waals surface area (Å²) >= 11 is 4.82. The molecule has 0 bridgehead atoms. The van der Waals surface area contributed by atoms with Gasteiger partial charge in [0.25, 0.3) is 5.91 Å². The van der Waals surface area contributed by atoms with Crippen LogP contribution in [0, 0.1) is 0 Å². The van der Waals surface area contributed by atoms with Crippen molar-refractivity contribution in [2.75, 3.05) is 7.05 Å². The van der Waals surface area contributed by atoms with E-state index in [0.717, 1.165) is 21.3 Å². The van der Waals surface area contributed by atoms with Crippen LogP contribution < -0.4 is 0 Å². The van der Waals surface area contributed by atoms with E-state index >= 15 is 0 Å². The summed E-state index contributed by atoms with van der Waals surface area (Å²) in [5.74, 6) is -0.0296. The molecular weight excluding hydrogens is 374 g/mol. The number of aliphatic imine (C=N–C) groups is 1. The molecule has 23 heavy (non-hydrogen) atoms. The van der Waals surface area contributed by atoms with E-state index in [2.05, 4.69) is 25.9 Å². The van der Waals surface area contributed by atoms with Gasteiger partial charge in [-0.05, 0) is 54.1 Å². The van der Waals surface area contributed by atoms with E-state index in [1.807, 2.05) is 43.3 Å². The highest BCUT2D eigenvalue weighted by atomic mass is 79.9. The van der Waals surface area contributed by atoms with Crippen molar-refractivity contribution >= 4 is 50.0 Å². The molecule has 1 amide bonds. The first-order chi connectivity index (χ1) is 11.1. The van der Waals surface area contributed by atoms with Gasteiger partial charge in [-0.25, -0.2) is 4.99 Å². The van der Waals surface area contributed by atoms with E-state index in [1.54, 1.807) is 24.3 Å². The summed E-state index contributed by atoms with van der Waals surface area (Å²) in [6, 6.07) is 11.6. The second kappa shape index (κ2) is 6.68. The van der Waals surface area contributed by atoms with Gasteiger partial charge in [0, 0.05) is 17.7 Å². The molecule has 0 spiro atoms. The summed E-state index contributed by atoms with van der Waals surface area (Å²) in [4.78, 5) is 23.4. The van der Waals surface area contributed by atoms with Gasteiger partial charge in [0.05, 0.1) is 16.8 Å². The van der Waals surface area contributed by atoms with Crippen molar-refractivity contribution in [3.05, 3.63) is 63.7 Å². The van der Waals surface area contributed by atoms with Gasteiger partial charge >= 0.3 is 0 Å². The number of benzene rings is 1. The highest BCUT2D eigenvalue weighted by Gasteiger charge is 2.32. The van der Waals surface area contributed by atoms with Gasteiger partial charge in [-0.3, -0.25) is 14.7 Å². The van der Waals surface area contributed by atoms with E-state index in [1.165, 1.54) is 11.8 Å². The molecule has 1 aromatic carbocycles. The molecule has 0 N–H and O–H groups in total. The van der Waals surface area contributed by atoms with Crippen LogP contribution in [0.2, 0.25) is 0 Å². The quantitative estimate of drug-likeness (QED) is 0.714. The average Bonchev–Trinajstić information content (AvgIpc) is 2.84. The lowest BCUT2D eigenvalue weighted by Crippen LogP contribution is -2.23. The van der Waals surface area contributed by atoms with Crippen molar-refractivity contribution in [1.82, 2.24) is 9.88 Å². The number of rotatable bonds is 2. The summed E-state index contributed by atoms with van der Waals surface area (Å²) in [6.45, 7) is 1.96. The molecule has 1 aromatic heterocycles. The number of thioether (sulfide) groups is 1. The minimum absolute atomic E-state index is 0.0296. The summed E-state index contributed by atoms with van der Waals surface area (Å²) < 4.78 is 1.01. The molecule has 6 heteroatoms. The fourth-order valence-corrected chi connectivity index (χ4v) is 3.45. The van der Waals surface area contributed by atoms with Crippen LogP contribution in [0.1, 0.15) is 12.5 Å². The maximum absolute atomic E-state index is 12.5. The first kappa shape index (κ1) is 16.0. The molecule has 0 atom stereocenters. The Bertz CT molecular complexity index is 800. The topological polar surface area (TPSA) is 45.6 Å². The van der Waals surface area contributed by atoms with E-state index in [9.17, 15) is 4.79 Å². The first-order valence-electron chi connectivity index (χ1n) is 6.97. The van der Waals surface area contributed by atoms with Gasteiger partial charge in [0.2, 0.25) is 0 Å². The zero-order valence-corrected chi connectivity index (χ0v) is 15.1. The fraction of sp³-hybridized carbons (Fsp3) is 0.118. The monoisotopic (exact) mass is 387 g/mol. The van der Waals surface area contributed by atoms with Crippen molar-refractivity contribution in [3.8, 4) is 0 Å². The third-order valence-corrected chi connectivity index (χ3v) is 5.23. The van der Waals surface area contributed by atoms with Crippen LogP contribution in [0.15, 0.2) is 63.2 Å². The number of likely N-dealkylation sites (N-methyl/N-ethyl adjacent to an activating group) is 1. The number of hydrogen-bond donors (Lipinski definition) is 0. The molecule has 3 rings (SSSR count). The van der Waals surface area contributed by atoms with Crippen LogP contribution in [0.5, 0.6) is 0 Å². The Morgan fingerprint density at radius 1 is 1.26 bits per heavy atom. The summed E-state index contributed by atoms with van der Waals surface area (Å²) in [5, 5.41) is 0.662. The van der Waals surface area contributed by atoms with Crippen LogP contribution >= 0.6 is 27.7 Å². The molecule has 1 saturated heterocycles. The zero-order chi connectivity index (χ0) is 16.4. The summed E-state index contributed by atoms with van der Waals surface area (Å²) in [7, 11) is 1.74. The van der Waals surface area contributed by atoms with E-state index in [4.69, 9.17) is 0 Å². The fourth-order valence-electron chi connectivity index (χ4n) is 2.14. The number of carbonyl (C=O) groups is 1. The molecule has 1 aliphatic rings. The van der Waals surface area contributed by atoms with E-state index in [-0.39, 0.29) is 5.91 Å². The third-order valence-electron chi connectivity index (χ3n) is 3.47. The van der Waals surface area contributed by atoms with Crippen LogP contribution in [-0.2, 0) is 4.79 Å². The minimum Gasteiger partial charge on any atom is -0.290 e. The highest BCUT2D eigenvalue weighted by Crippen LogP contribution is 2.36. The van der Waals surface area contributed by atoms with Crippen molar-refractivity contribution < 1.29 is 4.79 Å². The minimum atomic E-state index is -0.0296. The van der Waals surface area contributed by atoms with Crippen molar-refractivity contribution in [2.24, 2.45) is 4.99 Å². The molecule has 0 unspecified atom stereocenters. The second-order valence-corrected chi connectivity index (χ2v) is 6.93. The van der Waals surface area contributed by atoms with E-state index in [0.29, 0.717) is 10.1 Å². The first-order valence-corrected chi connectivity index (χ1v) is 8.58. The van der Waals surface area contributed by atoms with Crippen LogP contribution in [0.25, 0.3) is 5.57 Å². The molecule has 1 aliphatic heterocycles. The number of hydrogen-bond acceptors (Lipinski definition) is 4. The van der Waals surface area contributed by atoms with Crippen LogP contribution in [0.3, 0.4) is 0 Å². The Morgan fingerprint density at radius 2 is 2.00 bits per heavy atom. The Hall–Kier alpha value is -1.92. The van der Waals surface area contributed by atoms with E-state index < -0.39 is 0 Å². The summed E-state index contributed by atoms with van der Waals surface area (Å²) in [6.07, 6.45) is 3.37. The van der Waals surface area contributed by atoms with Crippen molar-refractivity contribution in [1.29, 1.82) is 0 Å². The SMILES string of the molecule is C/C(=C1/SC(=Nc2cccnc2)N(C)C1=O)c1ccc(Br)cc1. The Morgan fingerprint density at radius 3 is 2.65 bits per heavy atom. The smallest absolute Gasteiger partial charge is 0.266 e. The molecule has 1 fully saturated rings. The Kier molecular flexibility index (Phi) is 4.63. The lowest BCUT2D eigenvalue weighted by Gasteiger charge is -2.07. The average molecular weight is 388 g/mol. The highest BCUT2D eigenvalue weighted by molar-refractivity contribution is 9.10.